The highest BCUT2D eigenvalue weighted by Gasteiger charge is 2.08. The van der Waals surface area contributed by atoms with E-state index in [-0.39, 0.29) is 5.91 Å². The van der Waals surface area contributed by atoms with Crippen LogP contribution in [0.1, 0.15) is 30.9 Å². The minimum atomic E-state index is -0.214. The summed E-state index contributed by atoms with van der Waals surface area (Å²) in [7, 11) is 0. The standard InChI is InChI=1S/C25H26N6O2/c1-18(2)16-31-14-12-23(30-31)22-11-13-26-15-20(22)6-9-24(32)28-21-7-3-19(4-8-21)5-10-25-29-27-17-33-25/h3-4,6-9,11-15,17-18H,5,10,16H2,1-2H3,(H,28,32). The average Bonchev–Trinajstić information content (AvgIpc) is 3.49. The van der Waals surface area contributed by atoms with Gasteiger partial charge in [-0.15, -0.1) is 10.2 Å². The second-order valence-electron chi connectivity index (χ2n) is 8.13. The third-order valence-corrected chi connectivity index (χ3v) is 4.99. The third-order valence-electron chi connectivity index (χ3n) is 4.99. The number of aryl methyl sites for hydroxylation is 2. The number of nitrogens with one attached hydrogen (secondary N) is 1. The molecule has 0 saturated heterocycles. The summed E-state index contributed by atoms with van der Waals surface area (Å²) in [5.41, 5.74) is 4.47. The lowest BCUT2D eigenvalue weighted by Gasteiger charge is -2.06. The molecule has 0 aliphatic heterocycles. The zero-order valence-corrected chi connectivity index (χ0v) is 18.7. The summed E-state index contributed by atoms with van der Waals surface area (Å²) in [5, 5.41) is 15.1. The highest BCUT2D eigenvalue weighted by atomic mass is 16.4. The van der Waals surface area contributed by atoms with Crippen LogP contribution in [0.2, 0.25) is 0 Å². The molecule has 0 radical (unpaired) electrons. The second kappa shape index (κ2) is 10.5. The lowest BCUT2D eigenvalue weighted by Crippen LogP contribution is -2.07. The first-order valence-electron chi connectivity index (χ1n) is 10.9. The molecule has 8 nitrogen and oxygen atoms in total. The first-order valence-corrected chi connectivity index (χ1v) is 10.9. The molecule has 0 bridgehead atoms. The second-order valence-corrected chi connectivity index (χ2v) is 8.13. The van der Waals surface area contributed by atoms with E-state index in [1.54, 1.807) is 18.5 Å². The molecule has 0 aliphatic carbocycles. The van der Waals surface area contributed by atoms with E-state index in [2.05, 4.69) is 39.4 Å². The van der Waals surface area contributed by atoms with E-state index in [9.17, 15) is 4.79 Å². The van der Waals surface area contributed by atoms with Gasteiger partial charge in [0.25, 0.3) is 0 Å². The van der Waals surface area contributed by atoms with Crippen molar-refractivity contribution in [2.24, 2.45) is 5.92 Å². The predicted octanol–water partition coefficient (Wildman–Crippen LogP) is 4.42. The van der Waals surface area contributed by atoms with Crippen LogP contribution in [0.3, 0.4) is 0 Å². The molecule has 4 aromatic rings. The van der Waals surface area contributed by atoms with Crippen LogP contribution in [0, 0.1) is 5.92 Å². The van der Waals surface area contributed by atoms with Gasteiger partial charge >= 0.3 is 0 Å². The fourth-order valence-corrected chi connectivity index (χ4v) is 3.41. The van der Waals surface area contributed by atoms with Gasteiger partial charge in [0.15, 0.2) is 0 Å². The Hall–Kier alpha value is -4.07. The van der Waals surface area contributed by atoms with Gasteiger partial charge in [0.05, 0.1) is 5.69 Å². The molecule has 0 aliphatic rings. The van der Waals surface area contributed by atoms with Gasteiger partial charge in [-0.25, -0.2) is 0 Å². The first kappa shape index (κ1) is 22.1. The zero-order chi connectivity index (χ0) is 23.0. The highest BCUT2D eigenvalue weighted by molar-refractivity contribution is 6.02. The largest absolute Gasteiger partial charge is 0.428 e. The summed E-state index contributed by atoms with van der Waals surface area (Å²) in [5.74, 6) is 0.908. The number of carbonyl (C=O) groups is 1. The van der Waals surface area contributed by atoms with Crippen LogP contribution in [-0.2, 0) is 24.2 Å². The van der Waals surface area contributed by atoms with Gasteiger partial charge in [-0.2, -0.15) is 5.10 Å². The summed E-state index contributed by atoms with van der Waals surface area (Å²) >= 11 is 0. The van der Waals surface area contributed by atoms with E-state index >= 15 is 0 Å². The van der Waals surface area contributed by atoms with Crippen molar-refractivity contribution in [1.82, 2.24) is 25.0 Å². The van der Waals surface area contributed by atoms with Crippen molar-refractivity contribution in [2.75, 3.05) is 5.32 Å². The number of rotatable bonds is 9. The molecule has 0 fully saturated rings. The molecule has 0 spiro atoms. The van der Waals surface area contributed by atoms with Crippen LogP contribution in [0.15, 0.2) is 71.9 Å². The molecule has 0 unspecified atom stereocenters. The maximum atomic E-state index is 12.5. The number of carbonyl (C=O) groups excluding carboxylic acids is 1. The molecule has 8 heteroatoms. The molecule has 168 valence electrons. The number of hydrogen-bond acceptors (Lipinski definition) is 6. The third kappa shape index (κ3) is 6.22. The summed E-state index contributed by atoms with van der Waals surface area (Å²) in [6, 6.07) is 11.6. The van der Waals surface area contributed by atoms with Gasteiger partial charge in [-0.05, 0) is 48.2 Å². The summed E-state index contributed by atoms with van der Waals surface area (Å²) in [6.07, 6.45) is 11.5. The first-order chi connectivity index (χ1) is 16.1. The maximum absolute atomic E-state index is 12.5. The number of anilines is 1. The monoisotopic (exact) mass is 442 g/mol. The van der Waals surface area contributed by atoms with E-state index < -0.39 is 0 Å². The molecular weight excluding hydrogens is 416 g/mol. The molecule has 33 heavy (non-hydrogen) atoms. The van der Waals surface area contributed by atoms with Crippen molar-refractivity contribution in [1.29, 1.82) is 0 Å². The van der Waals surface area contributed by atoms with Crippen LogP contribution >= 0.6 is 0 Å². The van der Waals surface area contributed by atoms with E-state index in [4.69, 9.17) is 4.42 Å². The lowest BCUT2D eigenvalue weighted by atomic mass is 10.1. The van der Waals surface area contributed by atoms with Gasteiger partial charge in [0.1, 0.15) is 0 Å². The molecule has 0 saturated carbocycles. The Morgan fingerprint density at radius 2 is 2.00 bits per heavy atom. The molecule has 0 atom stereocenters. The summed E-state index contributed by atoms with van der Waals surface area (Å²) < 4.78 is 7.09. The maximum Gasteiger partial charge on any atom is 0.248 e. The van der Waals surface area contributed by atoms with E-state index in [0.717, 1.165) is 41.0 Å². The van der Waals surface area contributed by atoms with Gasteiger partial charge in [-0.1, -0.05) is 26.0 Å². The number of amides is 1. The Bertz CT molecular complexity index is 1210. The molecule has 1 amide bonds. The topological polar surface area (TPSA) is 98.7 Å². The van der Waals surface area contributed by atoms with Crippen LogP contribution < -0.4 is 5.32 Å². The average molecular weight is 443 g/mol. The predicted molar refractivity (Wildman–Crippen MR) is 126 cm³/mol. The lowest BCUT2D eigenvalue weighted by molar-refractivity contribution is -0.111. The van der Waals surface area contributed by atoms with Crippen LogP contribution in [0.5, 0.6) is 0 Å². The van der Waals surface area contributed by atoms with Crippen molar-refractivity contribution in [3.8, 4) is 11.3 Å². The van der Waals surface area contributed by atoms with Crippen molar-refractivity contribution < 1.29 is 9.21 Å². The number of benzene rings is 1. The van der Waals surface area contributed by atoms with Gasteiger partial charge in [-0.3, -0.25) is 14.5 Å². The number of pyridine rings is 1. The Morgan fingerprint density at radius 1 is 1.15 bits per heavy atom. The van der Waals surface area contributed by atoms with Gasteiger partial charge < -0.3 is 9.73 Å². The minimum absolute atomic E-state index is 0.214. The molecule has 3 heterocycles. The van der Waals surface area contributed by atoms with E-state index in [1.165, 1.54) is 12.5 Å². The van der Waals surface area contributed by atoms with Crippen LogP contribution in [-0.4, -0.2) is 30.9 Å². The number of nitrogens with zero attached hydrogens (tertiary/aromatic N) is 5. The molecule has 4 rings (SSSR count). The van der Waals surface area contributed by atoms with Gasteiger partial charge in [0, 0.05) is 54.4 Å². The van der Waals surface area contributed by atoms with Crippen LogP contribution in [0.4, 0.5) is 5.69 Å². The Labute approximate surface area is 192 Å². The Morgan fingerprint density at radius 3 is 2.76 bits per heavy atom. The molecule has 1 aromatic carbocycles. The molecular formula is C25H26N6O2. The van der Waals surface area contributed by atoms with Crippen molar-refractivity contribution in [3.05, 3.63) is 84.5 Å². The zero-order valence-electron chi connectivity index (χ0n) is 18.7. The van der Waals surface area contributed by atoms with E-state index in [0.29, 0.717) is 18.2 Å². The van der Waals surface area contributed by atoms with Crippen molar-refractivity contribution in [3.63, 3.8) is 0 Å². The van der Waals surface area contributed by atoms with Crippen molar-refractivity contribution in [2.45, 2.75) is 33.2 Å². The van der Waals surface area contributed by atoms with Gasteiger partial charge in [0.2, 0.25) is 18.2 Å². The highest BCUT2D eigenvalue weighted by Crippen LogP contribution is 2.22. The minimum Gasteiger partial charge on any atom is -0.428 e. The molecule has 3 aromatic heterocycles. The summed E-state index contributed by atoms with van der Waals surface area (Å²) in [6.45, 7) is 5.17. The van der Waals surface area contributed by atoms with Crippen molar-refractivity contribution >= 4 is 17.7 Å². The Balaban J connectivity index is 1.37. The summed E-state index contributed by atoms with van der Waals surface area (Å²) in [4.78, 5) is 16.7. The van der Waals surface area contributed by atoms with E-state index in [1.807, 2.05) is 47.3 Å². The SMILES string of the molecule is CC(C)Cn1ccc(-c2ccncc2C=CC(=O)Nc2ccc(CCc3nnco3)cc2)n1. The fraction of sp³-hybridized carbons (Fsp3) is 0.240. The molecule has 1 N–H and O–H groups in total. The quantitative estimate of drug-likeness (QED) is 0.385. The fourth-order valence-electron chi connectivity index (χ4n) is 3.41. The van der Waals surface area contributed by atoms with Crippen LogP contribution in [0.25, 0.3) is 17.3 Å². The smallest absolute Gasteiger partial charge is 0.248 e. The normalized spacial score (nSPS) is 11.4. The Kier molecular flexibility index (Phi) is 7.04. The number of aromatic nitrogens is 5. The number of hydrogen-bond donors (Lipinski definition) is 1.